The number of Topliss-reactive ketones (excluding diaryl/α,β-unsaturated/α-hetero) is 2. The summed E-state index contributed by atoms with van der Waals surface area (Å²) in [5.41, 5.74) is -0.216. The molecule has 130 valence electrons. The fourth-order valence-electron chi connectivity index (χ4n) is 3.51. The molecule has 0 heterocycles. The molecule has 3 aromatic rings. The summed E-state index contributed by atoms with van der Waals surface area (Å²) in [6.07, 6.45) is 0. The fourth-order valence-corrected chi connectivity index (χ4v) is 3.51. The second-order valence-electron chi connectivity index (χ2n) is 6.13. The zero-order chi connectivity index (χ0) is 20.6. The first kappa shape index (κ1) is 18.3. The van der Waals surface area contributed by atoms with Gasteiger partial charge >= 0.3 is 0 Å². The number of carbonyl (C=O) groups is 2. The Morgan fingerprint density at radius 1 is 0.679 bits per heavy atom. The normalized spacial score (nSPS) is 9.93. The van der Waals surface area contributed by atoms with E-state index in [2.05, 4.69) is 0 Å². The molecule has 0 aliphatic carbocycles. The number of fused-ring (bicyclic) bond motifs is 3. The second kappa shape index (κ2) is 6.65. The molecule has 0 amide bonds. The molecule has 0 aliphatic heterocycles. The van der Waals surface area contributed by atoms with Crippen molar-refractivity contribution in [3.63, 3.8) is 0 Å². The molecule has 3 rings (SSSR count). The number of hydrogen-bond donors (Lipinski definition) is 0. The standard InChI is InChI=1S/C22H10N4O2/c1-11(27)14-5-3-13-4-6-15-16(7-23)17(8-24)18(9-25)19(10-26)22(15)21(13)20(14)12(2)28/h3-6H,1-2H3. The van der Waals surface area contributed by atoms with Crippen LogP contribution in [0.3, 0.4) is 0 Å². The van der Waals surface area contributed by atoms with Crippen LogP contribution in [-0.2, 0) is 0 Å². The van der Waals surface area contributed by atoms with Crippen LogP contribution in [0.1, 0.15) is 56.8 Å². The van der Waals surface area contributed by atoms with Gasteiger partial charge in [0.05, 0.1) is 22.3 Å². The van der Waals surface area contributed by atoms with E-state index >= 15 is 0 Å². The van der Waals surface area contributed by atoms with Gasteiger partial charge in [0.1, 0.15) is 24.3 Å². The van der Waals surface area contributed by atoms with E-state index in [4.69, 9.17) is 0 Å². The van der Waals surface area contributed by atoms with Gasteiger partial charge in [0.25, 0.3) is 0 Å². The van der Waals surface area contributed by atoms with E-state index in [1.807, 2.05) is 24.3 Å². The second-order valence-corrected chi connectivity index (χ2v) is 6.13. The number of rotatable bonds is 2. The monoisotopic (exact) mass is 362 g/mol. The van der Waals surface area contributed by atoms with Crippen molar-refractivity contribution < 1.29 is 9.59 Å². The lowest BCUT2D eigenvalue weighted by atomic mass is 9.84. The molecule has 0 unspecified atom stereocenters. The van der Waals surface area contributed by atoms with Crippen molar-refractivity contribution in [1.29, 1.82) is 21.0 Å². The van der Waals surface area contributed by atoms with Gasteiger partial charge in [0, 0.05) is 27.3 Å². The van der Waals surface area contributed by atoms with Crippen molar-refractivity contribution in [3.05, 3.63) is 57.6 Å². The number of benzene rings is 3. The molecular formula is C22H10N4O2. The number of hydrogen-bond acceptors (Lipinski definition) is 6. The molecule has 0 bridgehead atoms. The third kappa shape index (κ3) is 2.38. The summed E-state index contributed by atoms with van der Waals surface area (Å²) in [7, 11) is 0. The van der Waals surface area contributed by atoms with Crippen LogP contribution in [0.25, 0.3) is 21.5 Å². The zero-order valence-corrected chi connectivity index (χ0v) is 14.9. The van der Waals surface area contributed by atoms with Gasteiger partial charge in [-0.25, -0.2) is 0 Å². The van der Waals surface area contributed by atoms with Crippen molar-refractivity contribution in [1.82, 2.24) is 0 Å². The third-order valence-electron chi connectivity index (χ3n) is 4.63. The zero-order valence-electron chi connectivity index (χ0n) is 14.9. The van der Waals surface area contributed by atoms with Gasteiger partial charge in [-0.2, -0.15) is 21.0 Å². The lowest BCUT2D eigenvalue weighted by molar-refractivity contribution is 0.0982. The van der Waals surface area contributed by atoms with E-state index in [0.29, 0.717) is 10.8 Å². The Hall–Kier alpha value is -4.52. The Kier molecular flexibility index (Phi) is 4.34. The van der Waals surface area contributed by atoms with Crippen LogP contribution < -0.4 is 0 Å². The van der Waals surface area contributed by atoms with E-state index in [1.54, 1.807) is 24.3 Å². The lowest BCUT2D eigenvalue weighted by Crippen LogP contribution is -2.07. The SMILES string of the molecule is CC(=O)c1ccc2ccc3c(C#N)c(C#N)c(C#N)c(C#N)c3c2c1C(C)=O. The van der Waals surface area contributed by atoms with E-state index in [9.17, 15) is 30.6 Å². The Labute approximate surface area is 160 Å². The lowest BCUT2D eigenvalue weighted by Gasteiger charge is -2.15. The Morgan fingerprint density at radius 3 is 1.71 bits per heavy atom. The van der Waals surface area contributed by atoms with Gasteiger partial charge < -0.3 is 0 Å². The predicted octanol–water partition coefficient (Wildman–Crippen LogP) is 3.88. The summed E-state index contributed by atoms with van der Waals surface area (Å²) in [5, 5.41) is 39.8. The maximum Gasteiger partial charge on any atom is 0.161 e. The minimum atomic E-state index is -0.381. The molecule has 6 heteroatoms. The fraction of sp³-hybridized carbons (Fsp3) is 0.0909. The molecule has 0 saturated carbocycles. The van der Waals surface area contributed by atoms with Crippen LogP contribution in [0.15, 0.2) is 24.3 Å². The highest BCUT2D eigenvalue weighted by molar-refractivity contribution is 6.24. The van der Waals surface area contributed by atoms with Gasteiger partial charge in [-0.1, -0.05) is 24.3 Å². The minimum absolute atomic E-state index is 0.0438. The van der Waals surface area contributed by atoms with Crippen LogP contribution in [0, 0.1) is 45.3 Å². The van der Waals surface area contributed by atoms with Gasteiger partial charge in [-0.05, 0) is 19.2 Å². The highest BCUT2D eigenvalue weighted by atomic mass is 16.1. The van der Waals surface area contributed by atoms with Crippen LogP contribution in [0.2, 0.25) is 0 Å². The first-order valence-electron chi connectivity index (χ1n) is 8.12. The molecule has 0 aliphatic rings. The Morgan fingerprint density at radius 2 is 1.21 bits per heavy atom. The quantitative estimate of drug-likeness (QED) is 0.502. The molecule has 28 heavy (non-hydrogen) atoms. The average molecular weight is 362 g/mol. The summed E-state index contributed by atoms with van der Waals surface area (Å²) in [4.78, 5) is 24.5. The number of carbonyl (C=O) groups excluding carboxylic acids is 2. The van der Waals surface area contributed by atoms with Crippen LogP contribution in [0.5, 0.6) is 0 Å². The van der Waals surface area contributed by atoms with Crippen molar-refractivity contribution in [2.45, 2.75) is 13.8 Å². The minimum Gasteiger partial charge on any atom is -0.294 e. The maximum atomic E-state index is 12.4. The summed E-state index contributed by atoms with van der Waals surface area (Å²) in [5.74, 6) is -0.703. The average Bonchev–Trinajstić information content (AvgIpc) is 2.69. The highest BCUT2D eigenvalue weighted by Crippen LogP contribution is 2.37. The molecule has 0 spiro atoms. The Bertz CT molecular complexity index is 1400. The number of ketones is 2. The van der Waals surface area contributed by atoms with Crippen molar-refractivity contribution in [2.24, 2.45) is 0 Å². The highest BCUT2D eigenvalue weighted by Gasteiger charge is 2.24. The molecule has 0 atom stereocenters. The topological polar surface area (TPSA) is 129 Å². The molecule has 6 nitrogen and oxygen atoms in total. The predicted molar refractivity (Wildman–Crippen MR) is 100 cm³/mol. The largest absolute Gasteiger partial charge is 0.294 e. The van der Waals surface area contributed by atoms with Crippen LogP contribution in [-0.4, -0.2) is 11.6 Å². The van der Waals surface area contributed by atoms with E-state index < -0.39 is 0 Å². The van der Waals surface area contributed by atoms with E-state index in [0.717, 1.165) is 0 Å². The Balaban J connectivity index is 2.85. The first-order valence-corrected chi connectivity index (χ1v) is 8.12. The van der Waals surface area contributed by atoms with E-state index in [-0.39, 0.29) is 55.7 Å². The summed E-state index contributed by atoms with van der Waals surface area (Å²) < 4.78 is 0. The number of nitriles is 4. The van der Waals surface area contributed by atoms with Gasteiger partial charge in [-0.15, -0.1) is 0 Å². The van der Waals surface area contributed by atoms with Crippen molar-refractivity contribution in [3.8, 4) is 24.3 Å². The van der Waals surface area contributed by atoms with E-state index in [1.165, 1.54) is 13.8 Å². The molecule has 0 saturated heterocycles. The molecular weight excluding hydrogens is 352 g/mol. The van der Waals surface area contributed by atoms with Crippen LogP contribution in [0.4, 0.5) is 0 Å². The molecule has 3 aromatic carbocycles. The molecule has 0 N–H and O–H groups in total. The van der Waals surface area contributed by atoms with Crippen molar-refractivity contribution >= 4 is 33.1 Å². The van der Waals surface area contributed by atoms with Crippen molar-refractivity contribution in [2.75, 3.05) is 0 Å². The maximum absolute atomic E-state index is 12.4. The summed E-state index contributed by atoms with van der Waals surface area (Å²) >= 11 is 0. The first-order chi connectivity index (χ1) is 13.4. The van der Waals surface area contributed by atoms with Crippen LogP contribution >= 0.6 is 0 Å². The molecule has 0 aromatic heterocycles. The smallest absolute Gasteiger partial charge is 0.161 e. The third-order valence-corrected chi connectivity index (χ3v) is 4.63. The molecule has 0 radical (unpaired) electrons. The van der Waals surface area contributed by atoms with Gasteiger partial charge in [-0.3, -0.25) is 9.59 Å². The summed E-state index contributed by atoms with van der Waals surface area (Å²) in [6, 6.07) is 14.0. The summed E-state index contributed by atoms with van der Waals surface area (Å²) in [6.45, 7) is 2.64. The number of nitrogens with zero attached hydrogens (tertiary/aromatic N) is 4. The van der Waals surface area contributed by atoms with Gasteiger partial charge in [0.15, 0.2) is 11.6 Å². The molecule has 0 fully saturated rings. The van der Waals surface area contributed by atoms with Gasteiger partial charge in [0.2, 0.25) is 0 Å².